The maximum atomic E-state index is 5.65. The van der Waals surface area contributed by atoms with E-state index in [1.807, 2.05) is 7.05 Å². The van der Waals surface area contributed by atoms with Gasteiger partial charge >= 0.3 is 0 Å². The predicted octanol–water partition coefficient (Wildman–Crippen LogP) is 1.09. The standard InChI is InChI=1S/C12H17N3O2/c1-13-11-8-3-2-4-9(8)14-12(15-11)10-7-16-5-6-17-10/h10H,2-7H2,1H3,(H,13,14,15). The number of rotatable bonds is 2. The third-order valence-electron chi connectivity index (χ3n) is 3.29. The molecule has 92 valence electrons. The SMILES string of the molecule is CNc1nc(C2COCCO2)nc2c1CCC2. The molecule has 0 spiro atoms. The molecule has 17 heavy (non-hydrogen) atoms. The predicted molar refractivity (Wildman–Crippen MR) is 63.1 cm³/mol. The average Bonchev–Trinajstić information content (AvgIpc) is 2.86. The van der Waals surface area contributed by atoms with E-state index in [-0.39, 0.29) is 6.10 Å². The summed E-state index contributed by atoms with van der Waals surface area (Å²) < 4.78 is 11.0. The minimum Gasteiger partial charge on any atom is -0.376 e. The van der Waals surface area contributed by atoms with Gasteiger partial charge in [-0.3, -0.25) is 0 Å². The van der Waals surface area contributed by atoms with Gasteiger partial charge in [-0.2, -0.15) is 0 Å². The highest BCUT2D eigenvalue weighted by Crippen LogP contribution is 2.28. The van der Waals surface area contributed by atoms with Crippen molar-refractivity contribution in [2.24, 2.45) is 0 Å². The monoisotopic (exact) mass is 235 g/mol. The van der Waals surface area contributed by atoms with Crippen molar-refractivity contribution in [2.45, 2.75) is 25.4 Å². The number of hydrogen-bond acceptors (Lipinski definition) is 5. The molecule has 2 heterocycles. The minimum atomic E-state index is -0.109. The second-order valence-electron chi connectivity index (χ2n) is 4.39. The number of nitrogens with one attached hydrogen (secondary N) is 1. The molecule has 1 fully saturated rings. The molecule has 0 aromatic carbocycles. The van der Waals surface area contributed by atoms with Gasteiger partial charge in [-0.15, -0.1) is 0 Å². The Hall–Kier alpha value is -1.20. The molecule has 0 bridgehead atoms. The summed E-state index contributed by atoms with van der Waals surface area (Å²) in [5.41, 5.74) is 2.45. The third kappa shape index (κ3) is 2.00. The van der Waals surface area contributed by atoms with E-state index in [4.69, 9.17) is 9.47 Å². The zero-order chi connectivity index (χ0) is 11.7. The van der Waals surface area contributed by atoms with Crippen LogP contribution in [0.2, 0.25) is 0 Å². The van der Waals surface area contributed by atoms with Crippen LogP contribution in [-0.4, -0.2) is 36.8 Å². The quantitative estimate of drug-likeness (QED) is 0.831. The molecular formula is C12H17N3O2. The molecule has 1 N–H and O–H groups in total. The molecule has 0 amide bonds. The lowest BCUT2D eigenvalue weighted by Crippen LogP contribution is -2.24. The first kappa shape index (κ1) is 10.9. The second-order valence-corrected chi connectivity index (χ2v) is 4.39. The highest BCUT2D eigenvalue weighted by molar-refractivity contribution is 5.48. The molecule has 1 atom stereocenters. The van der Waals surface area contributed by atoms with E-state index in [1.165, 1.54) is 17.7 Å². The van der Waals surface area contributed by atoms with Crippen LogP contribution in [0.15, 0.2) is 0 Å². The first-order chi connectivity index (χ1) is 8.38. The smallest absolute Gasteiger partial charge is 0.162 e. The lowest BCUT2D eigenvalue weighted by Gasteiger charge is -2.22. The third-order valence-corrected chi connectivity index (χ3v) is 3.29. The van der Waals surface area contributed by atoms with E-state index in [0.717, 1.165) is 24.5 Å². The Morgan fingerprint density at radius 2 is 2.18 bits per heavy atom. The second kappa shape index (κ2) is 4.58. The van der Waals surface area contributed by atoms with Crippen LogP contribution in [0.4, 0.5) is 5.82 Å². The van der Waals surface area contributed by atoms with Gasteiger partial charge < -0.3 is 14.8 Å². The first-order valence-electron chi connectivity index (χ1n) is 6.15. The van der Waals surface area contributed by atoms with Gasteiger partial charge in [0, 0.05) is 18.3 Å². The summed E-state index contributed by atoms with van der Waals surface area (Å²) >= 11 is 0. The zero-order valence-corrected chi connectivity index (χ0v) is 10.0. The van der Waals surface area contributed by atoms with E-state index in [2.05, 4.69) is 15.3 Å². The fraction of sp³-hybridized carbons (Fsp3) is 0.667. The highest BCUT2D eigenvalue weighted by Gasteiger charge is 2.24. The van der Waals surface area contributed by atoms with Crippen molar-refractivity contribution >= 4 is 5.82 Å². The molecule has 1 aromatic rings. The van der Waals surface area contributed by atoms with Crippen molar-refractivity contribution in [3.05, 3.63) is 17.1 Å². The van der Waals surface area contributed by atoms with Crippen LogP contribution >= 0.6 is 0 Å². The van der Waals surface area contributed by atoms with Crippen LogP contribution in [0.25, 0.3) is 0 Å². The van der Waals surface area contributed by atoms with Crippen LogP contribution in [-0.2, 0) is 22.3 Å². The van der Waals surface area contributed by atoms with Gasteiger partial charge in [-0.05, 0) is 19.3 Å². The Labute approximate surface area is 101 Å². The maximum absolute atomic E-state index is 5.65. The normalized spacial score (nSPS) is 23.5. The van der Waals surface area contributed by atoms with Crippen LogP contribution in [0, 0.1) is 0 Å². The van der Waals surface area contributed by atoms with E-state index in [9.17, 15) is 0 Å². The molecule has 1 aromatic heterocycles. The molecule has 1 aliphatic heterocycles. The number of hydrogen-bond donors (Lipinski definition) is 1. The topological polar surface area (TPSA) is 56.3 Å². The van der Waals surface area contributed by atoms with Gasteiger partial charge in [-0.25, -0.2) is 9.97 Å². The average molecular weight is 235 g/mol. The molecular weight excluding hydrogens is 218 g/mol. The Balaban J connectivity index is 1.94. The molecule has 5 nitrogen and oxygen atoms in total. The van der Waals surface area contributed by atoms with Crippen LogP contribution < -0.4 is 5.32 Å². The molecule has 1 saturated heterocycles. The van der Waals surface area contributed by atoms with Crippen molar-refractivity contribution < 1.29 is 9.47 Å². The number of aryl methyl sites for hydroxylation is 1. The Morgan fingerprint density at radius 1 is 1.24 bits per heavy atom. The summed E-state index contributed by atoms with van der Waals surface area (Å²) in [6.07, 6.45) is 3.19. The fourth-order valence-corrected chi connectivity index (χ4v) is 2.44. The number of aromatic nitrogens is 2. The number of ether oxygens (including phenoxy) is 2. The van der Waals surface area contributed by atoms with Gasteiger partial charge in [0.05, 0.1) is 19.8 Å². The van der Waals surface area contributed by atoms with Crippen molar-refractivity contribution in [1.82, 2.24) is 9.97 Å². The van der Waals surface area contributed by atoms with Gasteiger partial charge in [0.15, 0.2) is 5.82 Å². The van der Waals surface area contributed by atoms with Gasteiger partial charge in [0.2, 0.25) is 0 Å². The number of anilines is 1. The molecule has 5 heteroatoms. The highest BCUT2D eigenvalue weighted by atomic mass is 16.6. The number of nitrogens with zero attached hydrogens (tertiary/aromatic N) is 2. The maximum Gasteiger partial charge on any atom is 0.162 e. The molecule has 2 aliphatic rings. The molecule has 1 unspecified atom stereocenters. The summed E-state index contributed by atoms with van der Waals surface area (Å²) in [5.74, 6) is 1.71. The van der Waals surface area contributed by atoms with E-state index in [0.29, 0.717) is 19.8 Å². The van der Waals surface area contributed by atoms with Crippen molar-refractivity contribution in [2.75, 3.05) is 32.2 Å². The largest absolute Gasteiger partial charge is 0.376 e. The first-order valence-corrected chi connectivity index (χ1v) is 6.15. The van der Waals surface area contributed by atoms with E-state index in [1.54, 1.807) is 0 Å². The van der Waals surface area contributed by atoms with Crippen molar-refractivity contribution in [3.63, 3.8) is 0 Å². The van der Waals surface area contributed by atoms with Gasteiger partial charge in [-0.1, -0.05) is 0 Å². The van der Waals surface area contributed by atoms with Crippen molar-refractivity contribution in [3.8, 4) is 0 Å². The summed E-state index contributed by atoms with van der Waals surface area (Å²) in [7, 11) is 1.91. The Morgan fingerprint density at radius 3 is 2.94 bits per heavy atom. The molecule has 0 radical (unpaired) electrons. The lowest BCUT2D eigenvalue weighted by atomic mass is 10.2. The van der Waals surface area contributed by atoms with Gasteiger partial charge in [0.1, 0.15) is 11.9 Å². The van der Waals surface area contributed by atoms with Gasteiger partial charge in [0.25, 0.3) is 0 Å². The molecule has 3 rings (SSSR count). The summed E-state index contributed by atoms with van der Waals surface area (Å²) in [6, 6.07) is 0. The van der Waals surface area contributed by atoms with Crippen LogP contribution in [0.1, 0.15) is 29.6 Å². The zero-order valence-electron chi connectivity index (χ0n) is 10.0. The van der Waals surface area contributed by atoms with E-state index >= 15 is 0 Å². The van der Waals surface area contributed by atoms with E-state index < -0.39 is 0 Å². The van der Waals surface area contributed by atoms with Crippen LogP contribution in [0.5, 0.6) is 0 Å². The Bertz CT molecular complexity index is 416. The van der Waals surface area contributed by atoms with Crippen molar-refractivity contribution in [1.29, 1.82) is 0 Å². The van der Waals surface area contributed by atoms with Crippen LogP contribution in [0.3, 0.4) is 0 Å². The summed E-state index contributed by atoms with van der Waals surface area (Å²) in [5, 5.41) is 3.16. The molecule has 0 saturated carbocycles. The number of fused-ring (bicyclic) bond motifs is 1. The summed E-state index contributed by atoms with van der Waals surface area (Å²) in [4.78, 5) is 9.19. The fourth-order valence-electron chi connectivity index (χ4n) is 2.44. The molecule has 1 aliphatic carbocycles. The Kier molecular flexibility index (Phi) is 2.94. The summed E-state index contributed by atoms with van der Waals surface area (Å²) in [6.45, 7) is 1.85. The lowest BCUT2D eigenvalue weighted by molar-refractivity contribution is -0.0935. The minimum absolute atomic E-state index is 0.109.